The lowest BCUT2D eigenvalue weighted by atomic mass is 9.94. The lowest BCUT2D eigenvalue weighted by Gasteiger charge is -2.36. The van der Waals surface area contributed by atoms with Crippen LogP contribution in [0.2, 0.25) is 0 Å². The van der Waals surface area contributed by atoms with E-state index in [-0.39, 0.29) is 11.9 Å². The van der Waals surface area contributed by atoms with Gasteiger partial charge in [0.1, 0.15) is 5.82 Å². The second-order valence-corrected chi connectivity index (χ2v) is 7.56. The number of aromatic nitrogens is 2. The van der Waals surface area contributed by atoms with Crippen molar-refractivity contribution >= 4 is 22.9 Å². The average molecular weight is 455 g/mol. The minimum atomic E-state index is -0.366. The summed E-state index contributed by atoms with van der Waals surface area (Å²) >= 11 is 5.61. The van der Waals surface area contributed by atoms with Crippen LogP contribution < -0.4 is 14.8 Å². The molecule has 2 heterocycles. The van der Waals surface area contributed by atoms with Crippen LogP contribution in [0.5, 0.6) is 11.5 Å². The number of benzene rings is 2. The van der Waals surface area contributed by atoms with Crippen LogP contribution in [0, 0.1) is 5.82 Å². The molecule has 32 heavy (non-hydrogen) atoms. The van der Waals surface area contributed by atoms with E-state index in [0.29, 0.717) is 40.4 Å². The van der Waals surface area contributed by atoms with Crippen LogP contribution in [0.15, 0.2) is 52.7 Å². The number of rotatable bonds is 6. The van der Waals surface area contributed by atoms with E-state index in [1.165, 1.54) is 12.1 Å². The summed E-state index contributed by atoms with van der Waals surface area (Å²) in [6, 6.07) is 11.4. The molecule has 4 rings (SSSR count). The largest absolute Gasteiger partial charge is 0.493 e. The topological polar surface area (TPSA) is 72.7 Å². The van der Waals surface area contributed by atoms with Gasteiger partial charge in [-0.15, -0.1) is 0 Å². The van der Waals surface area contributed by atoms with Crippen LogP contribution >= 0.6 is 12.2 Å². The van der Waals surface area contributed by atoms with Gasteiger partial charge in [-0.3, -0.25) is 0 Å². The molecule has 0 saturated carbocycles. The lowest BCUT2D eigenvalue weighted by Crippen LogP contribution is -2.45. The first-order chi connectivity index (χ1) is 15.5. The molecule has 0 fully saturated rings. The highest BCUT2D eigenvalue weighted by molar-refractivity contribution is 7.80. The highest BCUT2D eigenvalue weighted by atomic mass is 32.1. The van der Waals surface area contributed by atoms with Crippen LogP contribution in [-0.4, -0.2) is 40.9 Å². The van der Waals surface area contributed by atoms with E-state index >= 15 is 0 Å². The van der Waals surface area contributed by atoms with E-state index in [2.05, 4.69) is 15.5 Å². The fourth-order valence-corrected chi connectivity index (χ4v) is 4.18. The second kappa shape index (κ2) is 8.96. The Morgan fingerprint density at radius 3 is 2.62 bits per heavy atom. The van der Waals surface area contributed by atoms with Crippen molar-refractivity contribution in [1.29, 1.82) is 0 Å². The number of methoxy groups -OCH3 is 2. The molecule has 0 bridgehead atoms. The van der Waals surface area contributed by atoms with Crippen molar-refractivity contribution in [3.8, 4) is 22.9 Å². The van der Waals surface area contributed by atoms with Gasteiger partial charge in [0.25, 0.3) is 5.89 Å². The van der Waals surface area contributed by atoms with Gasteiger partial charge in [0.15, 0.2) is 16.6 Å². The zero-order valence-corrected chi connectivity index (χ0v) is 19.0. The first-order valence-electron chi connectivity index (χ1n) is 10.1. The predicted octanol–water partition coefficient (Wildman–Crippen LogP) is 4.58. The molecule has 1 aliphatic heterocycles. The van der Waals surface area contributed by atoms with Crippen molar-refractivity contribution in [2.24, 2.45) is 0 Å². The molecule has 0 saturated heterocycles. The molecule has 1 aliphatic rings. The van der Waals surface area contributed by atoms with Crippen LogP contribution in [0.4, 0.5) is 4.39 Å². The van der Waals surface area contributed by atoms with Gasteiger partial charge in [-0.1, -0.05) is 23.4 Å². The third kappa shape index (κ3) is 3.91. The van der Waals surface area contributed by atoms with Crippen molar-refractivity contribution < 1.29 is 18.4 Å². The number of hydrogen-bond donors (Lipinski definition) is 1. The van der Waals surface area contributed by atoms with E-state index in [1.54, 1.807) is 26.4 Å². The standard InChI is InChI=1S/C23H23FN4O3S/c1-5-28-13(2)19(22-26-21(27-31-22)15-7-6-8-16(24)11-15)20(25-23(28)32)14-9-10-17(29-3)18(12-14)30-4/h6-12,20H,5H2,1-4H3,(H,25,32). The normalized spacial score (nSPS) is 16.2. The Kier molecular flexibility index (Phi) is 6.09. The molecule has 1 unspecified atom stereocenters. The van der Waals surface area contributed by atoms with E-state index in [1.807, 2.05) is 36.9 Å². The van der Waals surface area contributed by atoms with Gasteiger partial charge in [0, 0.05) is 17.8 Å². The first kappa shape index (κ1) is 21.8. The average Bonchev–Trinajstić information content (AvgIpc) is 3.28. The molecule has 166 valence electrons. The summed E-state index contributed by atoms with van der Waals surface area (Å²) in [5.41, 5.74) is 3.10. The maximum Gasteiger partial charge on any atom is 0.258 e. The van der Waals surface area contributed by atoms with Gasteiger partial charge < -0.3 is 24.2 Å². The highest BCUT2D eigenvalue weighted by Crippen LogP contribution is 2.40. The fourth-order valence-electron chi connectivity index (χ4n) is 3.80. The van der Waals surface area contributed by atoms with Gasteiger partial charge in [-0.05, 0) is 55.9 Å². The Morgan fingerprint density at radius 1 is 1.16 bits per heavy atom. The van der Waals surface area contributed by atoms with Crippen LogP contribution in [0.1, 0.15) is 31.3 Å². The van der Waals surface area contributed by atoms with Gasteiger partial charge in [-0.2, -0.15) is 4.98 Å². The Bertz CT molecular complexity index is 1190. The van der Waals surface area contributed by atoms with Crippen molar-refractivity contribution in [3.63, 3.8) is 0 Å². The van der Waals surface area contributed by atoms with E-state index in [9.17, 15) is 4.39 Å². The number of nitrogens with one attached hydrogen (secondary N) is 1. The number of thiocarbonyl (C=S) groups is 1. The van der Waals surface area contributed by atoms with E-state index < -0.39 is 0 Å². The predicted molar refractivity (Wildman–Crippen MR) is 123 cm³/mol. The number of halogens is 1. The smallest absolute Gasteiger partial charge is 0.258 e. The molecule has 0 radical (unpaired) electrons. The van der Waals surface area contributed by atoms with Gasteiger partial charge >= 0.3 is 0 Å². The molecule has 1 atom stereocenters. The van der Waals surface area contributed by atoms with Crippen LogP contribution in [-0.2, 0) is 0 Å². The molecule has 0 spiro atoms. The third-order valence-electron chi connectivity index (χ3n) is 5.39. The zero-order chi connectivity index (χ0) is 22.8. The molecule has 3 aromatic rings. The number of ether oxygens (including phenoxy) is 2. The molecule has 9 heteroatoms. The first-order valence-corrected chi connectivity index (χ1v) is 10.5. The van der Waals surface area contributed by atoms with Crippen molar-refractivity contribution in [3.05, 3.63) is 65.4 Å². The minimum absolute atomic E-state index is 0.307. The maximum atomic E-state index is 13.7. The minimum Gasteiger partial charge on any atom is -0.493 e. The molecule has 0 amide bonds. The molecular weight excluding hydrogens is 431 g/mol. The lowest BCUT2D eigenvalue weighted by molar-refractivity contribution is 0.354. The van der Waals surface area contributed by atoms with E-state index in [0.717, 1.165) is 16.8 Å². The Hall–Kier alpha value is -3.46. The number of nitrogens with zero attached hydrogens (tertiary/aromatic N) is 3. The Labute approximate surface area is 190 Å². The molecule has 2 aromatic carbocycles. The quantitative estimate of drug-likeness (QED) is 0.543. The fraction of sp³-hybridized carbons (Fsp3) is 0.261. The van der Waals surface area contributed by atoms with Crippen molar-refractivity contribution in [2.75, 3.05) is 20.8 Å². The van der Waals surface area contributed by atoms with Crippen molar-refractivity contribution in [1.82, 2.24) is 20.4 Å². The second-order valence-electron chi connectivity index (χ2n) is 7.17. The third-order valence-corrected chi connectivity index (χ3v) is 5.73. The molecule has 1 aromatic heterocycles. The summed E-state index contributed by atoms with van der Waals surface area (Å²) in [6.45, 7) is 4.65. The maximum absolute atomic E-state index is 13.7. The van der Waals surface area contributed by atoms with Crippen molar-refractivity contribution in [2.45, 2.75) is 19.9 Å². The monoisotopic (exact) mass is 454 g/mol. The summed E-state index contributed by atoms with van der Waals surface area (Å²) in [6.07, 6.45) is 0. The zero-order valence-electron chi connectivity index (χ0n) is 18.2. The number of hydrogen-bond acceptors (Lipinski definition) is 6. The summed E-state index contributed by atoms with van der Waals surface area (Å²) < 4.78 is 30.2. The van der Waals surface area contributed by atoms with Crippen LogP contribution in [0.3, 0.4) is 0 Å². The van der Waals surface area contributed by atoms with E-state index in [4.69, 9.17) is 26.2 Å². The van der Waals surface area contributed by atoms with Gasteiger partial charge in [0.05, 0.1) is 25.8 Å². The van der Waals surface area contributed by atoms with Crippen LogP contribution in [0.25, 0.3) is 17.0 Å². The SMILES string of the molecule is CCN1C(=S)NC(c2ccc(OC)c(OC)c2)C(c2nc(-c3cccc(F)c3)no2)=C1C. The number of allylic oxidation sites excluding steroid dienone is 1. The summed E-state index contributed by atoms with van der Waals surface area (Å²) in [7, 11) is 3.18. The summed E-state index contributed by atoms with van der Waals surface area (Å²) in [4.78, 5) is 6.54. The summed E-state index contributed by atoms with van der Waals surface area (Å²) in [5, 5.41) is 8.06. The van der Waals surface area contributed by atoms with Gasteiger partial charge in [-0.25, -0.2) is 4.39 Å². The highest BCUT2D eigenvalue weighted by Gasteiger charge is 2.34. The molecular formula is C23H23FN4O3S. The summed E-state index contributed by atoms with van der Waals surface area (Å²) in [5.74, 6) is 1.49. The molecule has 7 nitrogen and oxygen atoms in total. The Morgan fingerprint density at radius 2 is 1.94 bits per heavy atom. The molecule has 0 aliphatic carbocycles. The Balaban J connectivity index is 1.83. The van der Waals surface area contributed by atoms with Gasteiger partial charge in [0.2, 0.25) is 5.82 Å². The molecule has 1 N–H and O–H groups in total.